The fourth-order valence-corrected chi connectivity index (χ4v) is 3.01. The molecule has 0 spiro atoms. The first-order valence-electron chi connectivity index (χ1n) is 9.24. The summed E-state index contributed by atoms with van der Waals surface area (Å²) in [6, 6.07) is 23.9. The Balaban J connectivity index is 0.000000401. The van der Waals surface area contributed by atoms with Crippen LogP contribution < -0.4 is 5.32 Å². The van der Waals surface area contributed by atoms with Crippen molar-refractivity contribution in [3.8, 4) is 22.6 Å². The summed E-state index contributed by atoms with van der Waals surface area (Å²) in [5.41, 5.74) is 4.66. The van der Waals surface area contributed by atoms with Gasteiger partial charge in [-0.15, -0.1) is 0 Å². The van der Waals surface area contributed by atoms with Gasteiger partial charge in [-0.1, -0.05) is 48.5 Å². The molecule has 1 amide bonds. The molecule has 8 heteroatoms. The van der Waals surface area contributed by atoms with E-state index in [0.29, 0.717) is 0 Å². The highest BCUT2D eigenvalue weighted by Crippen LogP contribution is 2.32. The number of carbonyl (C=O) groups excluding carboxylic acids is 1. The van der Waals surface area contributed by atoms with Crippen LogP contribution in [0.5, 0.6) is 0 Å². The largest absolute Gasteiger partial charge is 0.473 e. The first kappa shape index (κ1) is 21.3. The topological polar surface area (TPSA) is 121 Å². The Morgan fingerprint density at radius 3 is 2.10 bits per heavy atom. The summed E-state index contributed by atoms with van der Waals surface area (Å²) in [5, 5.41) is 17.7. The van der Waals surface area contributed by atoms with Gasteiger partial charge in [-0.05, 0) is 24.3 Å². The number of rotatable bonds is 3. The minimum Gasteiger partial charge on any atom is -0.473 e. The Morgan fingerprint density at radius 2 is 1.45 bits per heavy atom. The quantitative estimate of drug-likeness (QED) is 0.436. The van der Waals surface area contributed by atoms with Crippen LogP contribution in [0, 0.1) is 0 Å². The number of pyridine rings is 1. The Labute approximate surface area is 177 Å². The van der Waals surface area contributed by atoms with E-state index < -0.39 is 11.9 Å². The number of nitrogens with one attached hydrogen (secondary N) is 1. The highest BCUT2D eigenvalue weighted by atomic mass is 16.4. The molecular formula is C23H19N3O5. The van der Waals surface area contributed by atoms with Crippen LogP contribution in [0.15, 0.2) is 79.0 Å². The maximum absolute atomic E-state index is 11.5. The number of carbonyl (C=O) groups is 3. The smallest absolute Gasteiger partial charge is 0.414 e. The molecule has 0 fully saturated rings. The number of carboxylic acid groups (broad SMARTS) is 2. The zero-order chi connectivity index (χ0) is 22.4. The molecular weight excluding hydrogens is 398 g/mol. The molecule has 2 aromatic heterocycles. The SMILES string of the molecule is CC(=O)Nc1ccccc1-c1nc(-c2ccccc2)c2ccccn12.O=C(O)C(=O)O. The van der Waals surface area contributed by atoms with Crippen LogP contribution in [-0.2, 0) is 14.4 Å². The van der Waals surface area contributed by atoms with E-state index in [1.165, 1.54) is 6.92 Å². The normalized spacial score (nSPS) is 10.1. The minimum absolute atomic E-state index is 0.100. The monoisotopic (exact) mass is 417 g/mol. The number of imidazole rings is 1. The third kappa shape index (κ3) is 4.94. The van der Waals surface area contributed by atoms with E-state index in [0.717, 1.165) is 33.8 Å². The number of carboxylic acids is 2. The standard InChI is InChI=1S/C21H17N3O.C2H2O4/c1-15(25)22-18-12-6-5-11-17(18)21-23-20(16-9-3-2-4-10-16)19-13-7-8-14-24(19)21;3-1(4)2(5)6/h2-14H,1H3,(H,22,25);(H,3,4)(H,5,6). The minimum atomic E-state index is -1.82. The van der Waals surface area contributed by atoms with Crippen LogP contribution >= 0.6 is 0 Å². The van der Waals surface area contributed by atoms with E-state index in [1.54, 1.807) is 0 Å². The Morgan fingerprint density at radius 1 is 0.839 bits per heavy atom. The van der Waals surface area contributed by atoms with E-state index in [-0.39, 0.29) is 5.91 Å². The second kappa shape index (κ2) is 9.36. The van der Waals surface area contributed by atoms with Gasteiger partial charge >= 0.3 is 11.9 Å². The van der Waals surface area contributed by atoms with Gasteiger partial charge in [0.25, 0.3) is 0 Å². The van der Waals surface area contributed by atoms with Gasteiger partial charge in [0, 0.05) is 24.2 Å². The Bertz CT molecular complexity index is 1240. The molecule has 0 aliphatic heterocycles. The van der Waals surface area contributed by atoms with Crippen LogP contribution in [0.3, 0.4) is 0 Å². The molecule has 0 radical (unpaired) electrons. The molecule has 4 rings (SSSR count). The van der Waals surface area contributed by atoms with Crippen molar-refractivity contribution in [2.75, 3.05) is 5.32 Å². The van der Waals surface area contributed by atoms with Gasteiger partial charge in [0.2, 0.25) is 5.91 Å². The number of hydrogen-bond donors (Lipinski definition) is 3. The lowest BCUT2D eigenvalue weighted by atomic mass is 10.1. The van der Waals surface area contributed by atoms with Gasteiger partial charge in [-0.3, -0.25) is 9.20 Å². The van der Waals surface area contributed by atoms with E-state index in [9.17, 15) is 4.79 Å². The van der Waals surface area contributed by atoms with Crippen molar-refractivity contribution < 1.29 is 24.6 Å². The Hall–Kier alpha value is -4.46. The summed E-state index contributed by atoms with van der Waals surface area (Å²) < 4.78 is 2.06. The van der Waals surface area contributed by atoms with Crippen LogP contribution in [0.25, 0.3) is 28.2 Å². The second-order valence-corrected chi connectivity index (χ2v) is 6.44. The summed E-state index contributed by atoms with van der Waals surface area (Å²) in [7, 11) is 0. The van der Waals surface area contributed by atoms with Crippen molar-refractivity contribution in [3.05, 3.63) is 79.0 Å². The Kier molecular flexibility index (Phi) is 6.42. The molecule has 0 saturated heterocycles. The number of amides is 1. The highest BCUT2D eigenvalue weighted by molar-refractivity contribution is 6.27. The highest BCUT2D eigenvalue weighted by Gasteiger charge is 2.16. The molecule has 0 atom stereocenters. The molecule has 0 aliphatic rings. The summed E-state index contributed by atoms with van der Waals surface area (Å²) >= 11 is 0. The molecule has 0 unspecified atom stereocenters. The lowest BCUT2D eigenvalue weighted by Crippen LogP contribution is -2.09. The van der Waals surface area contributed by atoms with Crippen LogP contribution in [0.1, 0.15) is 6.92 Å². The van der Waals surface area contributed by atoms with Crippen molar-refractivity contribution in [2.24, 2.45) is 0 Å². The molecule has 4 aromatic rings. The first-order chi connectivity index (χ1) is 14.9. The third-order valence-corrected chi connectivity index (χ3v) is 4.26. The predicted molar refractivity (Wildman–Crippen MR) is 116 cm³/mol. The van der Waals surface area contributed by atoms with Gasteiger partial charge in [-0.25, -0.2) is 14.6 Å². The molecule has 0 aliphatic carbocycles. The van der Waals surface area contributed by atoms with Crippen molar-refractivity contribution in [1.29, 1.82) is 0 Å². The first-order valence-corrected chi connectivity index (χ1v) is 9.24. The molecule has 156 valence electrons. The van der Waals surface area contributed by atoms with Crippen LogP contribution in [-0.4, -0.2) is 37.4 Å². The van der Waals surface area contributed by atoms with E-state index in [1.807, 2.05) is 60.8 Å². The molecule has 0 bridgehead atoms. The van der Waals surface area contributed by atoms with Gasteiger partial charge in [0.1, 0.15) is 5.82 Å². The van der Waals surface area contributed by atoms with Gasteiger partial charge < -0.3 is 15.5 Å². The predicted octanol–water partition coefficient (Wildman–Crippen LogP) is 3.78. The van der Waals surface area contributed by atoms with Gasteiger partial charge in [0.15, 0.2) is 0 Å². The molecule has 0 saturated carbocycles. The third-order valence-electron chi connectivity index (χ3n) is 4.26. The fourth-order valence-electron chi connectivity index (χ4n) is 3.01. The zero-order valence-corrected chi connectivity index (χ0v) is 16.5. The maximum Gasteiger partial charge on any atom is 0.414 e. The molecule has 8 nitrogen and oxygen atoms in total. The van der Waals surface area contributed by atoms with E-state index >= 15 is 0 Å². The van der Waals surface area contributed by atoms with Crippen molar-refractivity contribution in [3.63, 3.8) is 0 Å². The summed E-state index contributed by atoms with van der Waals surface area (Å²) in [4.78, 5) is 34.7. The maximum atomic E-state index is 11.5. The molecule has 2 aromatic carbocycles. The average Bonchev–Trinajstić information content (AvgIpc) is 3.14. The summed E-state index contributed by atoms with van der Waals surface area (Å²) in [6.45, 7) is 1.51. The van der Waals surface area contributed by atoms with Crippen molar-refractivity contribution in [2.45, 2.75) is 6.92 Å². The van der Waals surface area contributed by atoms with Crippen LogP contribution in [0.2, 0.25) is 0 Å². The van der Waals surface area contributed by atoms with Crippen molar-refractivity contribution in [1.82, 2.24) is 9.38 Å². The summed E-state index contributed by atoms with van der Waals surface area (Å²) in [6.07, 6.45) is 1.99. The number of aromatic nitrogens is 2. The second-order valence-electron chi connectivity index (χ2n) is 6.44. The average molecular weight is 417 g/mol. The lowest BCUT2D eigenvalue weighted by Gasteiger charge is -2.08. The summed E-state index contributed by atoms with van der Waals surface area (Å²) in [5.74, 6) is -2.94. The number of aliphatic carboxylic acids is 2. The lowest BCUT2D eigenvalue weighted by molar-refractivity contribution is -0.159. The molecule has 31 heavy (non-hydrogen) atoms. The van der Waals surface area contributed by atoms with Crippen LogP contribution in [0.4, 0.5) is 5.69 Å². The van der Waals surface area contributed by atoms with Gasteiger partial charge in [-0.2, -0.15) is 0 Å². The number of anilines is 1. The van der Waals surface area contributed by atoms with Crippen molar-refractivity contribution >= 4 is 29.0 Å². The number of hydrogen-bond acceptors (Lipinski definition) is 4. The fraction of sp³-hybridized carbons (Fsp3) is 0.0435. The number of fused-ring (bicyclic) bond motifs is 1. The van der Waals surface area contributed by atoms with Gasteiger partial charge in [0.05, 0.1) is 16.9 Å². The molecule has 2 heterocycles. The number of para-hydroxylation sites is 1. The molecule has 3 N–H and O–H groups in total. The number of benzene rings is 2. The van der Waals surface area contributed by atoms with E-state index in [4.69, 9.17) is 24.8 Å². The zero-order valence-electron chi connectivity index (χ0n) is 16.5. The van der Waals surface area contributed by atoms with E-state index in [2.05, 4.69) is 27.9 Å². The number of nitrogens with zero attached hydrogens (tertiary/aromatic N) is 2.